The van der Waals surface area contributed by atoms with Crippen molar-refractivity contribution in [2.45, 2.75) is 13.2 Å². The molecule has 21 heavy (non-hydrogen) atoms. The Morgan fingerprint density at radius 2 is 2.05 bits per heavy atom. The minimum Gasteiger partial charge on any atom is -0.497 e. The second-order valence-corrected chi connectivity index (χ2v) is 4.54. The van der Waals surface area contributed by atoms with Gasteiger partial charge in [0.25, 0.3) is 0 Å². The van der Waals surface area contributed by atoms with Crippen molar-refractivity contribution >= 4 is 17.4 Å². The number of nitrogens with zero attached hydrogens (tertiary/aromatic N) is 2. The zero-order valence-electron chi connectivity index (χ0n) is 11.8. The number of halogens is 1. The molecule has 2 aromatic rings. The fraction of sp³-hybridized carbons (Fsp3) is 0.286. The molecular weight excluding hydrogens is 294 g/mol. The van der Waals surface area contributed by atoms with E-state index >= 15 is 0 Å². The van der Waals surface area contributed by atoms with Gasteiger partial charge in [-0.25, -0.2) is 9.97 Å². The summed E-state index contributed by atoms with van der Waals surface area (Å²) in [5, 5.41) is 12.5. The largest absolute Gasteiger partial charge is 0.497 e. The van der Waals surface area contributed by atoms with Crippen LogP contribution in [0.25, 0.3) is 0 Å². The number of benzene rings is 1. The van der Waals surface area contributed by atoms with Gasteiger partial charge >= 0.3 is 0 Å². The van der Waals surface area contributed by atoms with Crippen LogP contribution in [0.4, 0.5) is 5.82 Å². The Kier molecular flexibility index (Phi) is 5.19. The molecule has 0 saturated carbocycles. The molecule has 7 heteroatoms. The van der Waals surface area contributed by atoms with Crippen LogP contribution in [0.3, 0.4) is 0 Å². The van der Waals surface area contributed by atoms with Crippen molar-refractivity contribution < 1.29 is 14.6 Å². The van der Waals surface area contributed by atoms with Gasteiger partial charge in [0.15, 0.2) is 0 Å². The zero-order chi connectivity index (χ0) is 15.2. The average molecular weight is 310 g/mol. The molecule has 112 valence electrons. The van der Waals surface area contributed by atoms with Crippen LogP contribution in [0.1, 0.15) is 11.1 Å². The second kappa shape index (κ2) is 7.10. The fourth-order valence-corrected chi connectivity index (χ4v) is 1.96. The molecule has 6 nitrogen and oxygen atoms in total. The first kappa shape index (κ1) is 15.3. The van der Waals surface area contributed by atoms with E-state index in [1.54, 1.807) is 20.3 Å². The van der Waals surface area contributed by atoms with Crippen LogP contribution in [0.15, 0.2) is 24.4 Å². The fourth-order valence-electron chi connectivity index (χ4n) is 1.83. The lowest BCUT2D eigenvalue weighted by atomic mass is 10.2. The van der Waals surface area contributed by atoms with E-state index in [1.165, 1.54) is 6.20 Å². The lowest BCUT2D eigenvalue weighted by Gasteiger charge is -2.13. The van der Waals surface area contributed by atoms with Crippen LogP contribution in [0.2, 0.25) is 5.28 Å². The number of anilines is 1. The van der Waals surface area contributed by atoms with E-state index in [9.17, 15) is 5.11 Å². The average Bonchev–Trinajstić information content (AvgIpc) is 2.52. The number of hydrogen-bond acceptors (Lipinski definition) is 6. The van der Waals surface area contributed by atoms with Gasteiger partial charge < -0.3 is 19.9 Å². The van der Waals surface area contributed by atoms with E-state index in [-0.39, 0.29) is 11.9 Å². The number of methoxy groups -OCH3 is 2. The highest BCUT2D eigenvalue weighted by Crippen LogP contribution is 2.25. The van der Waals surface area contributed by atoms with Crippen LogP contribution < -0.4 is 14.8 Å². The molecule has 0 atom stereocenters. The van der Waals surface area contributed by atoms with Gasteiger partial charge in [-0.1, -0.05) is 0 Å². The molecule has 0 spiro atoms. The van der Waals surface area contributed by atoms with Crippen molar-refractivity contribution in [3.8, 4) is 11.5 Å². The number of rotatable bonds is 6. The highest BCUT2D eigenvalue weighted by Gasteiger charge is 2.08. The standard InChI is InChI=1S/C14H16ClN3O3/c1-20-11-4-3-9(12(5-11)21-2)6-16-13-10(8-19)7-17-14(15)18-13/h3-5,7,19H,6,8H2,1-2H3,(H,16,17,18). The van der Waals surface area contributed by atoms with Gasteiger partial charge in [-0.3, -0.25) is 0 Å². The minimum atomic E-state index is -0.167. The van der Waals surface area contributed by atoms with E-state index in [0.717, 1.165) is 11.3 Å². The van der Waals surface area contributed by atoms with Crippen LogP contribution in [0, 0.1) is 0 Å². The highest BCUT2D eigenvalue weighted by molar-refractivity contribution is 6.28. The van der Waals surface area contributed by atoms with E-state index in [1.807, 2.05) is 12.1 Å². The van der Waals surface area contributed by atoms with Crippen LogP contribution in [-0.4, -0.2) is 29.3 Å². The summed E-state index contributed by atoms with van der Waals surface area (Å²) in [6.45, 7) is 0.298. The molecule has 0 radical (unpaired) electrons. The summed E-state index contributed by atoms with van der Waals surface area (Å²) >= 11 is 5.77. The number of nitrogens with one attached hydrogen (secondary N) is 1. The van der Waals surface area contributed by atoms with Crippen molar-refractivity contribution in [1.29, 1.82) is 0 Å². The van der Waals surface area contributed by atoms with Crippen LogP contribution in [0.5, 0.6) is 11.5 Å². The van der Waals surface area contributed by atoms with Crippen molar-refractivity contribution in [2.24, 2.45) is 0 Å². The Bertz CT molecular complexity index is 622. The SMILES string of the molecule is COc1ccc(CNc2nc(Cl)ncc2CO)c(OC)c1. The molecule has 1 aromatic carbocycles. The lowest BCUT2D eigenvalue weighted by Crippen LogP contribution is -2.07. The predicted octanol–water partition coefficient (Wildman–Crippen LogP) is 2.25. The summed E-state index contributed by atoms with van der Waals surface area (Å²) in [4.78, 5) is 7.90. The Morgan fingerprint density at radius 3 is 2.71 bits per heavy atom. The van der Waals surface area contributed by atoms with Crippen molar-refractivity contribution in [3.63, 3.8) is 0 Å². The van der Waals surface area contributed by atoms with Gasteiger partial charge in [-0.2, -0.15) is 0 Å². The van der Waals surface area contributed by atoms with Crippen molar-refractivity contribution in [1.82, 2.24) is 9.97 Å². The molecule has 0 saturated heterocycles. The summed E-state index contributed by atoms with van der Waals surface area (Å²) in [7, 11) is 3.20. The number of hydrogen-bond donors (Lipinski definition) is 2. The van der Waals surface area contributed by atoms with Crippen LogP contribution in [-0.2, 0) is 13.2 Å². The molecule has 2 N–H and O–H groups in total. The maximum Gasteiger partial charge on any atom is 0.224 e. The normalized spacial score (nSPS) is 10.3. The maximum atomic E-state index is 9.27. The molecule has 2 rings (SSSR count). The molecule has 0 bridgehead atoms. The van der Waals surface area contributed by atoms with E-state index in [4.69, 9.17) is 21.1 Å². The third-order valence-corrected chi connectivity index (χ3v) is 3.13. The Morgan fingerprint density at radius 1 is 1.24 bits per heavy atom. The molecule has 1 aromatic heterocycles. The maximum absolute atomic E-state index is 9.27. The first-order valence-electron chi connectivity index (χ1n) is 6.25. The van der Waals surface area contributed by atoms with E-state index < -0.39 is 0 Å². The van der Waals surface area contributed by atoms with Gasteiger partial charge in [-0.05, 0) is 23.7 Å². The number of aromatic nitrogens is 2. The van der Waals surface area contributed by atoms with Gasteiger partial charge in [0, 0.05) is 29.9 Å². The number of ether oxygens (including phenoxy) is 2. The summed E-state index contributed by atoms with van der Waals surface area (Å²) < 4.78 is 10.5. The van der Waals surface area contributed by atoms with Gasteiger partial charge in [0.05, 0.1) is 20.8 Å². The molecule has 0 unspecified atom stereocenters. The van der Waals surface area contributed by atoms with Gasteiger partial charge in [-0.15, -0.1) is 0 Å². The molecule has 0 aliphatic carbocycles. The summed E-state index contributed by atoms with van der Waals surface area (Å²) in [6.07, 6.45) is 1.49. The molecular formula is C14H16ClN3O3. The third kappa shape index (κ3) is 3.74. The topological polar surface area (TPSA) is 76.5 Å². The van der Waals surface area contributed by atoms with Gasteiger partial charge in [0.2, 0.25) is 5.28 Å². The Hall–Kier alpha value is -2.05. The molecule has 0 fully saturated rings. The molecule has 0 aliphatic heterocycles. The first-order valence-corrected chi connectivity index (χ1v) is 6.62. The highest BCUT2D eigenvalue weighted by atomic mass is 35.5. The van der Waals surface area contributed by atoms with Crippen molar-refractivity contribution in [2.75, 3.05) is 19.5 Å². The molecule has 0 amide bonds. The first-order chi connectivity index (χ1) is 10.2. The van der Waals surface area contributed by atoms with Crippen LogP contribution >= 0.6 is 11.6 Å². The third-order valence-electron chi connectivity index (χ3n) is 2.95. The predicted molar refractivity (Wildman–Crippen MR) is 79.8 cm³/mol. The minimum absolute atomic E-state index is 0.122. The number of aliphatic hydroxyl groups excluding tert-OH is 1. The van der Waals surface area contributed by atoms with E-state index in [2.05, 4.69) is 15.3 Å². The zero-order valence-corrected chi connectivity index (χ0v) is 12.5. The smallest absolute Gasteiger partial charge is 0.224 e. The summed E-state index contributed by atoms with van der Waals surface area (Å²) in [5.74, 6) is 1.92. The van der Waals surface area contributed by atoms with E-state index in [0.29, 0.717) is 23.7 Å². The molecule has 1 heterocycles. The Balaban J connectivity index is 2.18. The summed E-state index contributed by atoms with van der Waals surface area (Å²) in [5.41, 5.74) is 1.50. The van der Waals surface area contributed by atoms with Crippen molar-refractivity contribution in [3.05, 3.63) is 40.8 Å². The summed E-state index contributed by atoms with van der Waals surface area (Å²) in [6, 6.07) is 5.54. The number of aliphatic hydroxyl groups is 1. The Labute approximate surface area is 127 Å². The quantitative estimate of drug-likeness (QED) is 0.797. The molecule has 0 aliphatic rings. The lowest BCUT2D eigenvalue weighted by molar-refractivity contribution is 0.281. The second-order valence-electron chi connectivity index (χ2n) is 4.20. The van der Waals surface area contributed by atoms with Gasteiger partial charge in [0.1, 0.15) is 17.3 Å². The monoisotopic (exact) mass is 309 g/mol.